The number of amides is 1. The number of hydrogen-bond acceptors (Lipinski definition) is 4. The van der Waals surface area contributed by atoms with Crippen molar-refractivity contribution in [3.63, 3.8) is 0 Å². The number of carbonyl (C=O) groups is 1. The minimum atomic E-state index is -0.777. The van der Waals surface area contributed by atoms with Crippen LogP contribution in [0.1, 0.15) is 21.5 Å². The summed E-state index contributed by atoms with van der Waals surface area (Å²) in [6.07, 6.45) is 0.563. The molecule has 0 aromatic heterocycles. The fraction of sp³-hybridized carbons (Fsp3) is 0.381. The van der Waals surface area contributed by atoms with Gasteiger partial charge in [-0.2, -0.15) is 0 Å². The topological polar surface area (TPSA) is 59.0 Å². The van der Waals surface area contributed by atoms with Crippen molar-refractivity contribution in [2.24, 2.45) is 0 Å². The zero-order valence-corrected chi connectivity index (χ0v) is 15.3. The highest BCUT2D eigenvalue weighted by atomic mass is 16.5. The molecule has 1 aliphatic rings. The van der Waals surface area contributed by atoms with Crippen molar-refractivity contribution in [1.82, 2.24) is 4.90 Å². The normalized spacial score (nSPS) is 20.0. The number of aryl methyl sites for hydroxylation is 1. The van der Waals surface area contributed by atoms with E-state index in [-0.39, 0.29) is 12.5 Å². The molecule has 1 saturated heterocycles. The van der Waals surface area contributed by atoms with E-state index in [9.17, 15) is 9.90 Å². The minimum Gasteiger partial charge on any atom is -0.497 e. The average Bonchev–Trinajstić information content (AvgIpc) is 2.67. The lowest BCUT2D eigenvalue weighted by molar-refractivity contribution is -0.123. The maximum absolute atomic E-state index is 12.9. The van der Waals surface area contributed by atoms with E-state index in [4.69, 9.17) is 9.47 Å². The molecule has 1 N–H and O–H groups in total. The molecule has 1 aliphatic heterocycles. The molecule has 26 heavy (non-hydrogen) atoms. The lowest BCUT2D eigenvalue weighted by Crippen LogP contribution is -2.56. The Morgan fingerprint density at radius 1 is 1.27 bits per heavy atom. The first kappa shape index (κ1) is 18.4. The van der Waals surface area contributed by atoms with Crippen LogP contribution in [0.5, 0.6) is 5.75 Å². The van der Waals surface area contributed by atoms with E-state index >= 15 is 0 Å². The summed E-state index contributed by atoms with van der Waals surface area (Å²) in [6, 6.07) is 15.3. The fourth-order valence-electron chi connectivity index (χ4n) is 3.41. The fourth-order valence-corrected chi connectivity index (χ4v) is 3.41. The van der Waals surface area contributed by atoms with Crippen LogP contribution in [0.25, 0.3) is 0 Å². The summed E-state index contributed by atoms with van der Waals surface area (Å²) in [5, 5.41) is 10.0. The van der Waals surface area contributed by atoms with Crippen LogP contribution >= 0.6 is 0 Å². The lowest BCUT2D eigenvalue weighted by Gasteiger charge is -2.42. The summed E-state index contributed by atoms with van der Waals surface area (Å²) in [5.74, 6) is 0.576. The van der Waals surface area contributed by atoms with E-state index < -0.39 is 5.60 Å². The van der Waals surface area contributed by atoms with Gasteiger partial charge in [0.15, 0.2) is 0 Å². The summed E-state index contributed by atoms with van der Waals surface area (Å²) in [5.41, 5.74) is 2.06. The third-order valence-electron chi connectivity index (χ3n) is 4.75. The van der Waals surface area contributed by atoms with Gasteiger partial charge in [0.2, 0.25) is 0 Å². The van der Waals surface area contributed by atoms with Crippen LogP contribution in [0.2, 0.25) is 0 Å². The number of ether oxygens (including phenoxy) is 2. The monoisotopic (exact) mass is 355 g/mol. The molecule has 138 valence electrons. The summed E-state index contributed by atoms with van der Waals surface area (Å²) < 4.78 is 11.2. The number of nitrogens with zero attached hydrogens (tertiary/aromatic N) is 1. The molecule has 0 spiro atoms. The van der Waals surface area contributed by atoms with Crippen LogP contribution in [0.15, 0.2) is 48.5 Å². The van der Waals surface area contributed by atoms with Gasteiger partial charge in [0, 0.05) is 18.5 Å². The second-order valence-electron chi connectivity index (χ2n) is 6.81. The second kappa shape index (κ2) is 7.89. The molecule has 0 aliphatic carbocycles. The maximum atomic E-state index is 12.9. The summed E-state index contributed by atoms with van der Waals surface area (Å²) in [4.78, 5) is 14.7. The first-order chi connectivity index (χ1) is 12.5. The first-order valence-corrected chi connectivity index (χ1v) is 8.79. The summed E-state index contributed by atoms with van der Waals surface area (Å²) in [6.45, 7) is 3.17. The van der Waals surface area contributed by atoms with Crippen LogP contribution in [-0.2, 0) is 11.2 Å². The van der Waals surface area contributed by atoms with Crippen molar-refractivity contribution >= 4 is 5.91 Å². The highest BCUT2D eigenvalue weighted by molar-refractivity contribution is 5.94. The van der Waals surface area contributed by atoms with E-state index in [2.05, 4.69) is 6.07 Å². The van der Waals surface area contributed by atoms with Crippen molar-refractivity contribution in [2.45, 2.75) is 18.9 Å². The molecule has 0 radical (unpaired) electrons. The SMILES string of the molecule is COc1cccc(C(=O)N2CCOC(CO)(Cc3cccc(C)c3)C2)c1. The Balaban J connectivity index is 1.78. The molecule has 1 atom stereocenters. The molecular formula is C21H25NO4. The molecule has 5 nitrogen and oxygen atoms in total. The van der Waals surface area contributed by atoms with Gasteiger partial charge < -0.3 is 19.5 Å². The maximum Gasteiger partial charge on any atom is 0.254 e. The third kappa shape index (κ3) is 4.06. The number of hydrogen-bond donors (Lipinski definition) is 1. The van der Waals surface area contributed by atoms with Crippen LogP contribution in [-0.4, -0.2) is 54.9 Å². The van der Waals surface area contributed by atoms with Gasteiger partial charge in [-0.15, -0.1) is 0 Å². The number of aliphatic hydroxyl groups is 1. The van der Waals surface area contributed by atoms with Gasteiger partial charge in [-0.3, -0.25) is 4.79 Å². The van der Waals surface area contributed by atoms with Gasteiger partial charge in [-0.05, 0) is 30.7 Å². The van der Waals surface area contributed by atoms with Gasteiger partial charge in [0.25, 0.3) is 5.91 Å². The lowest BCUT2D eigenvalue weighted by atomic mass is 9.92. The van der Waals surface area contributed by atoms with Crippen LogP contribution in [0, 0.1) is 6.92 Å². The molecule has 5 heteroatoms. The van der Waals surface area contributed by atoms with Gasteiger partial charge >= 0.3 is 0 Å². The van der Waals surface area contributed by atoms with Crippen molar-refractivity contribution in [1.29, 1.82) is 0 Å². The molecule has 1 heterocycles. The Morgan fingerprint density at radius 2 is 2.08 bits per heavy atom. The zero-order chi connectivity index (χ0) is 18.6. The zero-order valence-electron chi connectivity index (χ0n) is 15.3. The Morgan fingerprint density at radius 3 is 2.81 bits per heavy atom. The van der Waals surface area contributed by atoms with Gasteiger partial charge in [-0.1, -0.05) is 35.9 Å². The summed E-state index contributed by atoms with van der Waals surface area (Å²) in [7, 11) is 1.58. The van der Waals surface area contributed by atoms with Gasteiger partial charge in [-0.25, -0.2) is 0 Å². The molecule has 0 saturated carbocycles. The molecule has 0 bridgehead atoms. The van der Waals surface area contributed by atoms with E-state index in [0.29, 0.717) is 37.4 Å². The van der Waals surface area contributed by atoms with Crippen molar-refractivity contribution < 1.29 is 19.4 Å². The van der Waals surface area contributed by atoms with Crippen LogP contribution < -0.4 is 4.74 Å². The molecule has 1 amide bonds. The second-order valence-corrected chi connectivity index (χ2v) is 6.81. The molecule has 1 fully saturated rings. The number of morpholine rings is 1. The quantitative estimate of drug-likeness (QED) is 0.895. The number of carbonyl (C=O) groups excluding carboxylic acids is 1. The van der Waals surface area contributed by atoms with Crippen LogP contribution in [0.3, 0.4) is 0 Å². The predicted octanol–water partition coefficient (Wildman–Crippen LogP) is 2.45. The summed E-state index contributed by atoms with van der Waals surface area (Å²) >= 11 is 0. The highest BCUT2D eigenvalue weighted by Crippen LogP contribution is 2.25. The number of methoxy groups -OCH3 is 1. The number of aliphatic hydroxyl groups excluding tert-OH is 1. The van der Waals surface area contributed by atoms with E-state index in [1.54, 1.807) is 30.2 Å². The smallest absolute Gasteiger partial charge is 0.254 e. The average molecular weight is 355 g/mol. The minimum absolute atomic E-state index is 0.0748. The molecular weight excluding hydrogens is 330 g/mol. The Bertz CT molecular complexity index is 776. The van der Waals surface area contributed by atoms with Crippen molar-refractivity contribution in [3.05, 3.63) is 65.2 Å². The van der Waals surface area contributed by atoms with Gasteiger partial charge in [0.05, 0.1) is 26.9 Å². The van der Waals surface area contributed by atoms with E-state index in [0.717, 1.165) is 11.1 Å². The van der Waals surface area contributed by atoms with Crippen LogP contribution in [0.4, 0.5) is 0 Å². The van der Waals surface area contributed by atoms with Gasteiger partial charge in [0.1, 0.15) is 11.4 Å². The highest BCUT2D eigenvalue weighted by Gasteiger charge is 2.38. The third-order valence-corrected chi connectivity index (χ3v) is 4.75. The number of benzene rings is 2. The molecule has 1 unspecified atom stereocenters. The molecule has 2 aromatic rings. The predicted molar refractivity (Wildman–Crippen MR) is 99.5 cm³/mol. The first-order valence-electron chi connectivity index (χ1n) is 8.79. The molecule has 3 rings (SSSR count). The standard InChI is InChI=1S/C21H25NO4/c1-16-5-3-6-17(11-16)13-21(15-23)14-22(9-10-26-21)20(24)18-7-4-8-19(12-18)25-2/h3-8,11-12,23H,9-10,13-15H2,1-2H3. The number of rotatable bonds is 5. The Kier molecular flexibility index (Phi) is 5.59. The van der Waals surface area contributed by atoms with Crippen molar-refractivity contribution in [2.75, 3.05) is 33.4 Å². The Labute approximate surface area is 154 Å². The van der Waals surface area contributed by atoms with E-state index in [1.165, 1.54) is 0 Å². The largest absolute Gasteiger partial charge is 0.497 e. The molecule has 2 aromatic carbocycles. The Hall–Kier alpha value is -2.37. The van der Waals surface area contributed by atoms with Crippen molar-refractivity contribution in [3.8, 4) is 5.75 Å². The van der Waals surface area contributed by atoms with E-state index in [1.807, 2.05) is 31.2 Å².